The summed E-state index contributed by atoms with van der Waals surface area (Å²) in [6.45, 7) is -1.15. The molecule has 2 aromatic carbocycles. The molecule has 0 radical (unpaired) electrons. The van der Waals surface area contributed by atoms with Crippen molar-refractivity contribution in [3.05, 3.63) is 59.9 Å². The fourth-order valence-electron chi connectivity index (χ4n) is 2.03. The van der Waals surface area contributed by atoms with Gasteiger partial charge in [-0.2, -0.15) is 0 Å². The normalized spacial score (nSPS) is 10.3. The molecule has 0 aliphatic heterocycles. The van der Waals surface area contributed by atoms with Crippen molar-refractivity contribution < 1.29 is 32.3 Å². The Morgan fingerprint density at radius 3 is 2.38 bits per heavy atom. The van der Waals surface area contributed by atoms with Crippen LogP contribution in [0.2, 0.25) is 0 Å². The molecular formula is C19H17F3N2O4S. The molecule has 6 nitrogen and oxygen atoms in total. The van der Waals surface area contributed by atoms with Crippen molar-refractivity contribution in [1.82, 2.24) is 5.32 Å². The molecule has 2 amide bonds. The number of benzene rings is 2. The summed E-state index contributed by atoms with van der Waals surface area (Å²) in [6, 6.07) is 10.9. The summed E-state index contributed by atoms with van der Waals surface area (Å²) >= 11 is 1.47. The van der Waals surface area contributed by atoms with Crippen LogP contribution in [0.1, 0.15) is 6.42 Å². The highest BCUT2D eigenvalue weighted by atomic mass is 32.2. The molecule has 0 atom stereocenters. The van der Waals surface area contributed by atoms with Gasteiger partial charge >= 0.3 is 5.97 Å². The summed E-state index contributed by atoms with van der Waals surface area (Å²) in [6.07, 6.45) is 0.0999. The first kappa shape index (κ1) is 22.3. The van der Waals surface area contributed by atoms with Gasteiger partial charge in [0.2, 0.25) is 5.91 Å². The Kier molecular flexibility index (Phi) is 8.53. The molecule has 0 heterocycles. The van der Waals surface area contributed by atoms with Crippen LogP contribution in [-0.4, -0.2) is 36.7 Å². The molecule has 0 bridgehead atoms. The smallest absolute Gasteiger partial charge is 0.307 e. The topological polar surface area (TPSA) is 84.5 Å². The molecule has 0 unspecified atom stereocenters. The molecule has 10 heteroatoms. The van der Waals surface area contributed by atoms with Crippen molar-refractivity contribution in [1.29, 1.82) is 0 Å². The zero-order valence-electron chi connectivity index (χ0n) is 15.0. The molecule has 0 fully saturated rings. The van der Waals surface area contributed by atoms with E-state index < -0.39 is 54.1 Å². The lowest BCUT2D eigenvalue weighted by atomic mass is 10.2. The highest BCUT2D eigenvalue weighted by Gasteiger charge is 2.16. The average Bonchev–Trinajstić information content (AvgIpc) is 2.72. The maximum Gasteiger partial charge on any atom is 0.307 e. The van der Waals surface area contributed by atoms with Crippen molar-refractivity contribution in [2.45, 2.75) is 11.3 Å². The lowest BCUT2D eigenvalue weighted by Crippen LogP contribution is -2.35. The zero-order valence-corrected chi connectivity index (χ0v) is 15.9. The minimum atomic E-state index is -1.72. The van der Waals surface area contributed by atoms with E-state index in [1.807, 2.05) is 35.6 Å². The number of hydrogen-bond donors (Lipinski definition) is 2. The van der Waals surface area contributed by atoms with E-state index in [-0.39, 0.29) is 6.42 Å². The van der Waals surface area contributed by atoms with E-state index in [2.05, 4.69) is 5.32 Å². The van der Waals surface area contributed by atoms with E-state index in [1.54, 1.807) is 0 Å². The molecule has 0 saturated carbocycles. The summed E-state index contributed by atoms with van der Waals surface area (Å²) in [5, 5.41) is 4.16. The molecule has 2 rings (SSSR count). The van der Waals surface area contributed by atoms with E-state index in [0.717, 1.165) is 11.0 Å². The van der Waals surface area contributed by atoms with E-state index in [9.17, 15) is 27.6 Å². The standard InChI is InChI=1S/C19H17F3N2O4S/c20-13-6-7-14(19(22)18(13)21)24-15(25)10-23-16(26)11-28-17(27)8-9-29-12-4-2-1-3-5-12/h1-7H,8-11H2,(H,23,26)(H,24,25). The van der Waals surface area contributed by atoms with Crippen molar-refractivity contribution in [3.63, 3.8) is 0 Å². The number of halogens is 3. The van der Waals surface area contributed by atoms with Gasteiger partial charge < -0.3 is 15.4 Å². The van der Waals surface area contributed by atoms with Crippen LogP contribution < -0.4 is 10.6 Å². The second kappa shape index (κ2) is 11.1. The van der Waals surface area contributed by atoms with Gasteiger partial charge in [0.25, 0.3) is 5.91 Å². The van der Waals surface area contributed by atoms with Gasteiger partial charge in [0.1, 0.15) is 0 Å². The van der Waals surface area contributed by atoms with Gasteiger partial charge in [-0.15, -0.1) is 11.8 Å². The van der Waals surface area contributed by atoms with E-state index in [1.165, 1.54) is 11.8 Å². The van der Waals surface area contributed by atoms with Crippen LogP contribution in [0.15, 0.2) is 47.4 Å². The number of thioether (sulfide) groups is 1. The van der Waals surface area contributed by atoms with Crippen LogP contribution >= 0.6 is 11.8 Å². The van der Waals surface area contributed by atoms with Gasteiger partial charge in [-0.1, -0.05) is 18.2 Å². The van der Waals surface area contributed by atoms with Gasteiger partial charge in [0.15, 0.2) is 24.1 Å². The number of rotatable bonds is 9. The molecule has 0 saturated heterocycles. The van der Waals surface area contributed by atoms with Crippen molar-refractivity contribution >= 4 is 35.2 Å². The van der Waals surface area contributed by atoms with Gasteiger partial charge in [-0.3, -0.25) is 14.4 Å². The van der Waals surface area contributed by atoms with Gasteiger partial charge in [0, 0.05) is 10.6 Å². The minimum absolute atomic E-state index is 0.0999. The van der Waals surface area contributed by atoms with Crippen LogP contribution in [0, 0.1) is 17.5 Å². The van der Waals surface area contributed by atoms with E-state index in [0.29, 0.717) is 11.8 Å². The molecule has 0 spiro atoms. The Labute approximate surface area is 168 Å². The molecule has 0 aromatic heterocycles. The first-order chi connectivity index (χ1) is 13.9. The molecule has 2 aromatic rings. The Morgan fingerprint density at radius 2 is 1.66 bits per heavy atom. The molecule has 29 heavy (non-hydrogen) atoms. The Balaban J connectivity index is 1.64. The third kappa shape index (κ3) is 7.49. The lowest BCUT2D eigenvalue weighted by Gasteiger charge is -2.09. The van der Waals surface area contributed by atoms with Crippen LogP contribution in [0.5, 0.6) is 0 Å². The number of nitrogens with one attached hydrogen (secondary N) is 2. The highest BCUT2D eigenvalue weighted by molar-refractivity contribution is 7.99. The van der Waals surface area contributed by atoms with Crippen molar-refractivity contribution in [2.24, 2.45) is 0 Å². The SMILES string of the molecule is O=C(COC(=O)CCSc1ccccc1)NCC(=O)Nc1ccc(F)c(F)c1F. The maximum absolute atomic E-state index is 13.5. The van der Waals surface area contributed by atoms with Crippen molar-refractivity contribution in [2.75, 3.05) is 24.2 Å². The van der Waals surface area contributed by atoms with E-state index >= 15 is 0 Å². The fraction of sp³-hybridized carbons (Fsp3) is 0.211. The highest BCUT2D eigenvalue weighted by Crippen LogP contribution is 2.19. The molecular weight excluding hydrogens is 409 g/mol. The molecule has 0 aliphatic carbocycles. The van der Waals surface area contributed by atoms with E-state index in [4.69, 9.17) is 4.74 Å². The first-order valence-electron chi connectivity index (χ1n) is 8.40. The Morgan fingerprint density at radius 1 is 0.931 bits per heavy atom. The number of anilines is 1. The second-order valence-corrected chi connectivity index (χ2v) is 6.79. The third-order valence-corrected chi connectivity index (χ3v) is 4.45. The molecule has 154 valence electrons. The molecule has 2 N–H and O–H groups in total. The zero-order chi connectivity index (χ0) is 21.2. The number of hydrogen-bond acceptors (Lipinski definition) is 5. The fourth-order valence-corrected chi connectivity index (χ4v) is 2.89. The monoisotopic (exact) mass is 426 g/mol. The number of carbonyl (C=O) groups excluding carboxylic acids is 3. The van der Waals surface area contributed by atoms with Crippen LogP contribution in [0.4, 0.5) is 18.9 Å². The molecule has 0 aliphatic rings. The first-order valence-corrected chi connectivity index (χ1v) is 9.39. The van der Waals surface area contributed by atoms with Crippen molar-refractivity contribution in [3.8, 4) is 0 Å². The summed E-state index contributed by atoms with van der Waals surface area (Å²) in [5.41, 5.74) is -0.564. The van der Waals surface area contributed by atoms with Crippen LogP contribution in [0.3, 0.4) is 0 Å². The second-order valence-electron chi connectivity index (χ2n) is 5.62. The third-order valence-electron chi connectivity index (χ3n) is 3.44. The van der Waals surface area contributed by atoms with Crippen LogP contribution in [0.25, 0.3) is 0 Å². The number of amides is 2. The summed E-state index contributed by atoms with van der Waals surface area (Å²) in [4.78, 5) is 35.9. The largest absolute Gasteiger partial charge is 0.456 e. The summed E-state index contributed by atoms with van der Waals surface area (Å²) < 4.78 is 44.2. The quantitative estimate of drug-likeness (QED) is 0.366. The minimum Gasteiger partial charge on any atom is -0.456 e. The predicted molar refractivity (Wildman–Crippen MR) is 101 cm³/mol. The van der Waals surface area contributed by atoms with Crippen LogP contribution in [-0.2, 0) is 19.1 Å². The summed E-state index contributed by atoms with van der Waals surface area (Å²) in [7, 11) is 0. The number of carbonyl (C=O) groups is 3. The predicted octanol–water partition coefficient (Wildman–Crippen LogP) is 2.88. The number of ether oxygens (including phenoxy) is 1. The average molecular weight is 426 g/mol. The van der Waals surface area contributed by atoms with Gasteiger partial charge in [0.05, 0.1) is 18.7 Å². The Hall–Kier alpha value is -3.01. The van der Waals surface area contributed by atoms with Gasteiger partial charge in [-0.05, 0) is 24.3 Å². The number of esters is 1. The maximum atomic E-state index is 13.5. The lowest BCUT2D eigenvalue weighted by molar-refractivity contribution is -0.148. The van der Waals surface area contributed by atoms with Gasteiger partial charge in [-0.25, -0.2) is 13.2 Å². The Bertz CT molecular complexity index is 881. The summed E-state index contributed by atoms with van der Waals surface area (Å²) in [5.74, 6) is -6.36.